The maximum atomic E-state index is 12.0. The number of carbonyl (C=O) groups excluding carboxylic acids is 1. The molecule has 20 heavy (non-hydrogen) atoms. The molecule has 5 heteroatoms. The number of hydrogen-bond donors (Lipinski definition) is 2. The Labute approximate surface area is 124 Å². The van der Waals surface area contributed by atoms with Crippen molar-refractivity contribution < 1.29 is 9.53 Å². The minimum atomic E-state index is 0.117. The fourth-order valence-electron chi connectivity index (χ4n) is 2.42. The Morgan fingerprint density at radius 3 is 2.90 bits per heavy atom. The molecule has 1 fully saturated rings. The highest BCUT2D eigenvalue weighted by Gasteiger charge is 2.17. The van der Waals surface area contributed by atoms with Gasteiger partial charge >= 0.3 is 0 Å². The lowest BCUT2D eigenvalue weighted by Gasteiger charge is -2.20. The van der Waals surface area contributed by atoms with E-state index >= 15 is 0 Å². The average molecular weight is 294 g/mol. The summed E-state index contributed by atoms with van der Waals surface area (Å²) in [6, 6.07) is 5.47. The standard InChI is InChI=1S/C15H22N2O2S/c1-19-14-3-2-13(16)9-12(14)10-17-15(18)8-11-4-6-20-7-5-11/h2-3,9,11H,4-8,10,16H2,1H3,(H,17,18). The number of anilines is 1. The zero-order valence-corrected chi connectivity index (χ0v) is 12.7. The van der Waals surface area contributed by atoms with Gasteiger partial charge in [0.05, 0.1) is 7.11 Å². The van der Waals surface area contributed by atoms with Crippen molar-refractivity contribution in [2.75, 3.05) is 24.3 Å². The molecule has 4 nitrogen and oxygen atoms in total. The minimum absolute atomic E-state index is 0.117. The number of thioether (sulfide) groups is 1. The molecule has 0 bridgehead atoms. The number of hydrogen-bond acceptors (Lipinski definition) is 4. The van der Waals surface area contributed by atoms with E-state index in [1.165, 1.54) is 11.5 Å². The summed E-state index contributed by atoms with van der Waals surface area (Å²) >= 11 is 1.98. The van der Waals surface area contributed by atoms with Crippen molar-refractivity contribution in [3.05, 3.63) is 23.8 Å². The Morgan fingerprint density at radius 2 is 2.20 bits per heavy atom. The first-order valence-electron chi connectivity index (χ1n) is 6.96. The van der Waals surface area contributed by atoms with Gasteiger partial charge in [0.1, 0.15) is 5.75 Å². The molecular weight excluding hydrogens is 272 g/mol. The van der Waals surface area contributed by atoms with Gasteiger partial charge in [-0.2, -0.15) is 11.8 Å². The fourth-order valence-corrected chi connectivity index (χ4v) is 3.62. The summed E-state index contributed by atoms with van der Waals surface area (Å²) in [4.78, 5) is 12.0. The van der Waals surface area contributed by atoms with Crippen LogP contribution < -0.4 is 15.8 Å². The van der Waals surface area contributed by atoms with Gasteiger partial charge in [-0.25, -0.2) is 0 Å². The quantitative estimate of drug-likeness (QED) is 0.819. The van der Waals surface area contributed by atoms with Crippen LogP contribution in [-0.2, 0) is 11.3 Å². The van der Waals surface area contributed by atoms with Crippen molar-refractivity contribution in [2.24, 2.45) is 5.92 Å². The number of nitrogens with one attached hydrogen (secondary N) is 1. The zero-order chi connectivity index (χ0) is 14.4. The molecule has 1 aromatic carbocycles. The van der Waals surface area contributed by atoms with Gasteiger partial charge < -0.3 is 15.8 Å². The molecule has 0 spiro atoms. The summed E-state index contributed by atoms with van der Waals surface area (Å²) in [6.45, 7) is 0.467. The zero-order valence-electron chi connectivity index (χ0n) is 11.9. The van der Waals surface area contributed by atoms with Gasteiger partial charge in [0.15, 0.2) is 0 Å². The van der Waals surface area contributed by atoms with E-state index < -0.39 is 0 Å². The number of amides is 1. The molecule has 1 aromatic rings. The molecule has 3 N–H and O–H groups in total. The summed E-state index contributed by atoms with van der Waals surface area (Å²) in [5.41, 5.74) is 7.36. The van der Waals surface area contributed by atoms with E-state index in [9.17, 15) is 4.79 Å². The summed E-state index contributed by atoms with van der Waals surface area (Å²) in [6.07, 6.45) is 2.94. The first-order valence-corrected chi connectivity index (χ1v) is 8.11. The van der Waals surface area contributed by atoms with Gasteiger partial charge in [-0.05, 0) is 48.5 Å². The smallest absolute Gasteiger partial charge is 0.220 e. The molecule has 2 rings (SSSR count). The average Bonchev–Trinajstić information content (AvgIpc) is 2.46. The molecule has 1 heterocycles. The van der Waals surface area contributed by atoms with E-state index in [1.54, 1.807) is 13.2 Å². The molecule has 0 aromatic heterocycles. The van der Waals surface area contributed by atoms with Crippen LogP contribution in [0.4, 0.5) is 5.69 Å². The Kier molecular flexibility index (Phi) is 5.59. The molecule has 1 aliphatic heterocycles. The van der Waals surface area contributed by atoms with Crippen molar-refractivity contribution in [3.8, 4) is 5.75 Å². The maximum absolute atomic E-state index is 12.0. The topological polar surface area (TPSA) is 64.3 Å². The van der Waals surface area contributed by atoms with E-state index in [0.717, 1.165) is 24.2 Å². The number of rotatable bonds is 5. The molecule has 0 aliphatic carbocycles. The van der Waals surface area contributed by atoms with Crippen LogP contribution in [0.5, 0.6) is 5.75 Å². The van der Waals surface area contributed by atoms with Crippen LogP contribution in [-0.4, -0.2) is 24.5 Å². The van der Waals surface area contributed by atoms with Gasteiger partial charge in [0.25, 0.3) is 0 Å². The van der Waals surface area contributed by atoms with Crippen molar-refractivity contribution in [1.82, 2.24) is 5.32 Å². The third-order valence-corrected chi connectivity index (χ3v) is 4.64. The van der Waals surface area contributed by atoms with E-state index in [2.05, 4.69) is 5.32 Å². The normalized spacial score (nSPS) is 15.8. The third kappa shape index (κ3) is 4.34. The molecule has 110 valence electrons. The van der Waals surface area contributed by atoms with Crippen LogP contribution >= 0.6 is 11.8 Å². The lowest BCUT2D eigenvalue weighted by Crippen LogP contribution is -2.26. The highest BCUT2D eigenvalue weighted by molar-refractivity contribution is 7.99. The largest absolute Gasteiger partial charge is 0.496 e. The first-order chi connectivity index (χ1) is 9.69. The monoisotopic (exact) mass is 294 g/mol. The van der Waals surface area contributed by atoms with Crippen LogP contribution in [0.3, 0.4) is 0 Å². The first kappa shape index (κ1) is 15.0. The number of methoxy groups -OCH3 is 1. The highest BCUT2D eigenvalue weighted by atomic mass is 32.2. The molecular formula is C15H22N2O2S. The van der Waals surface area contributed by atoms with Crippen LogP contribution in [0.25, 0.3) is 0 Å². The number of nitrogen functional groups attached to an aromatic ring is 1. The van der Waals surface area contributed by atoms with Gasteiger partial charge in [-0.1, -0.05) is 0 Å². The minimum Gasteiger partial charge on any atom is -0.496 e. The van der Waals surface area contributed by atoms with Crippen LogP contribution in [0.2, 0.25) is 0 Å². The number of carbonyl (C=O) groups is 1. The Bertz CT molecular complexity index is 459. The summed E-state index contributed by atoms with van der Waals surface area (Å²) < 4.78 is 5.27. The van der Waals surface area contributed by atoms with E-state index in [-0.39, 0.29) is 5.91 Å². The molecule has 1 saturated heterocycles. The lowest BCUT2D eigenvalue weighted by atomic mass is 9.98. The number of nitrogens with two attached hydrogens (primary N) is 1. The van der Waals surface area contributed by atoms with Crippen LogP contribution in [0.15, 0.2) is 18.2 Å². The van der Waals surface area contributed by atoms with E-state index in [4.69, 9.17) is 10.5 Å². The predicted molar refractivity (Wildman–Crippen MR) is 83.9 cm³/mol. The van der Waals surface area contributed by atoms with Gasteiger partial charge in [-0.3, -0.25) is 4.79 Å². The molecule has 0 unspecified atom stereocenters. The van der Waals surface area contributed by atoms with Gasteiger partial charge in [0, 0.05) is 24.2 Å². The van der Waals surface area contributed by atoms with E-state index in [0.29, 0.717) is 24.6 Å². The Balaban J connectivity index is 1.84. The summed E-state index contributed by atoms with van der Waals surface area (Å²) in [5.74, 6) is 3.78. The van der Waals surface area contributed by atoms with Crippen molar-refractivity contribution in [2.45, 2.75) is 25.8 Å². The Hall–Kier alpha value is -1.36. The summed E-state index contributed by atoms with van der Waals surface area (Å²) in [5, 5.41) is 2.97. The molecule has 1 aliphatic rings. The second kappa shape index (κ2) is 7.43. The maximum Gasteiger partial charge on any atom is 0.220 e. The molecule has 0 radical (unpaired) electrons. The van der Waals surface area contributed by atoms with Crippen molar-refractivity contribution >= 4 is 23.4 Å². The highest BCUT2D eigenvalue weighted by Crippen LogP contribution is 2.25. The van der Waals surface area contributed by atoms with Crippen LogP contribution in [0, 0.1) is 5.92 Å². The second-order valence-corrected chi connectivity index (χ2v) is 6.33. The third-order valence-electron chi connectivity index (χ3n) is 3.60. The number of ether oxygens (including phenoxy) is 1. The van der Waals surface area contributed by atoms with E-state index in [1.807, 2.05) is 23.9 Å². The predicted octanol–water partition coefficient (Wildman–Crippen LogP) is 2.43. The molecule has 0 atom stereocenters. The number of benzene rings is 1. The van der Waals surface area contributed by atoms with Gasteiger partial charge in [0.2, 0.25) is 5.91 Å². The lowest BCUT2D eigenvalue weighted by molar-refractivity contribution is -0.122. The SMILES string of the molecule is COc1ccc(N)cc1CNC(=O)CC1CCSCC1. The van der Waals surface area contributed by atoms with Gasteiger partial charge in [-0.15, -0.1) is 0 Å². The fraction of sp³-hybridized carbons (Fsp3) is 0.533. The molecule has 1 amide bonds. The molecule has 0 saturated carbocycles. The second-order valence-electron chi connectivity index (χ2n) is 5.11. The van der Waals surface area contributed by atoms with Crippen molar-refractivity contribution in [1.29, 1.82) is 0 Å². The van der Waals surface area contributed by atoms with Crippen LogP contribution in [0.1, 0.15) is 24.8 Å². The summed E-state index contributed by atoms with van der Waals surface area (Å²) in [7, 11) is 1.62. The van der Waals surface area contributed by atoms with Crippen molar-refractivity contribution in [3.63, 3.8) is 0 Å². The Morgan fingerprint density at radius 1 is 1.45 bits per heavy atom.